The van der Waals surface area contributed by atoms with Crippen LogP contribution in [0.2, 0.25) is 0 Å². The number of nitrogens with zero attached hydrogens (tertiary/aromatic N) is 2. The van der Waals surface area contributed by atoms with E-state index in [0.717, 1.165) is 11.0 Å². The molecule has 0 aliphatic carbocycles. The van der Waals surface area contributed by atoms with E-state index < -0.39 is 0 Å². The fourth-order valence-electron chi connectivity index (χ4n) is 2.67. The summed E-state index contributed by atoms with van der Waals surface area (Å²) >= 11 is 3.67. The van der Waals surface area contributed by atoms with E-state index in [-0.39, 0.29) is 6.04 Å². The van der Waals surface area contributed by atoms with Crippen molar-refractivity contribution in [2.24, 2.45) is 10.7 Å². The number of guanidine groups is 1. The molecule has 0 bridgehead atoms. The van der Waals surface area contributed by atoms with Crippen LogP contribution in [-0.2, 0) is 6.54 Å². The van der Waals surface area contributed by atoms with Gasteiger partial charge in [-0.25, -0.2) is 0 Å². The van der Waals surface area contributed by atoms with Gasteiger partial charge >= 0.3 is 0 Å². The van der Waals surface area contributed by atoms with Crippen LogP contribution in [0.25, 0.3) is 0 Å². The lowest BCUT2D eigenvalue weighted by Gasteiger charge is -2.27. The topological polar surface area (TPSA) is 41.6 Å². The molecule has 0 radical (unpaired) electrons. The molecular formula is C17H18BrN3. The Morgan fingerprint density at radius 1 is 1.24 bits per heavy atom. The van der Waals surface area contributed by atoms with Crippen LogP contribution >= 0.6 is 15.9 Å². The van der Waals surface area contributed by atoms with Gasteiger partial charge < -0.3 is 10.6 Å². The molecule has 1 atom stereocenters. The van der Waals surface area contributed by atoms with Crippen LogP contribution in [0.1, 0.15) is 22.7 Å². The van der Waals surface area contributed by atoms with E-state index in [0.29, 0.717) is 12.5 Å². The monoisotopic (exact) mass is 343 g/mol. The minimum Gasteiger partial charge on any atom is -0.370 e. The highest BCUT2D eigenvalue weighted by atomic mass is 79.9. The van der Waals surface area contributed by atoms with E-state index in [1.807, 2.05) is 6.07 Å². The Kier molecular flexibility index (Phi) is 3.97. The van der Waals surface area contributed by atoms with Gasteiger partial charge in [-0.1, -0.05) is 58.4 Å². The van der Waals surface area contributed by atoms with Crippen LogP contribution in [0.5, 0.6) is 0 Å². The van der Waals surface area contributed by atoms with Crippen LogP contribution in [0.15, 0.2) is 58.0 Å². The van der Waals surface area contributed by atoms with Crippen molar-refractivity contribution in [3.8, 4) is 0 Å². The van der Waals surface area contributed by atoms with Crippen LogP contribution in [0.3, 0.4) is 0 Å². The zero-order valence-electron chi connectivity index (χ0n) is 12.0. The Bertz CT molecular complexity index is 667. The van der Waals surface area contributed by atoms with E-state index in [1.54, 1.807) is 0 Å². The van der Waals surface area contributed by atoms with Crippen molar-refractivity contribution in [1.29, 1.82) is 0 Å². The maximum absolute atomic E-state index is 6.10. The molecule has 1 heterocycles. The van der Waals surface area contributed by atoms with Crippen molar-refractivity contribution in [1.82, 2.24) is 4.90 Å². The molecule has 1 aliphatic rings. The van der Waals surface area contributed by atoms with E-state index >= 15 is 0 Å². The Morgan fingerprint density at radius 2 is 2.00 bits per heavy atom. The smallest absolute Gasteiger partial charge is 0.192 e. The number of aliphatic imine (C=N–C) groups is 1. The minimum absolute atomic E-state index is 0.195. The highest BCUT2D eigenvalue weighted by Gasteiger charge is 2.28. The first-order valence-corrected chi connectivity index (χ1v) is 7.81. The second-order valence-corrected chi connectivity index (χ2v) is 6.21. The lowest BCUT2D eigenvalue weighted by Crippen LogP contribution is -2.35. The number of hydrogen-bond acceptors (Lipinski definition) is 3. The Balaban J connectivity index is 1.88. The zero-order chi connectivity index (χ0) is 14.8. The van der Waals surface area contributed by atoms with Crippen molar-refractivity contribution in [3.63, 3.8) is 0 Å². The summed E-state index contributed by atoms with van der Waals surface area (Å²) < 4.78 is 1.12. The molecule has 1 aliphatic heterocycles. The molecule has 0 amide bonds. The number of benzene rings is 2. The first-order valence-electron chi connectivity index (χ1n) is 7.01. The number of hydrogen-bond donors (Lipinski definition) is 1. The summed E-state index contributed by atoms with van der Waals surface area (Å²) in [5, 5.41) is 0. The third-order valence-corrected chi connectivity index (χ3v) is 4.49. The fraction of sp³-hybridized carbons (Fsp3) is 0.235. The summed E-state index contributed by atoms with van der Waals surface area (Å²) in [5.41, 5.74) is 9.82. The standard InChI is InChI=1S/C17H18BrN3/c1-12-7-8-14(15(18)9-12)16-10-20-17(19)21(16)11-13-5-3-2-4-6-13/h2-9,16H,10-11H2,1H3,(H2,19,20). The molecule has 1 unspecified atom stereocenters. The predicted molar refractivity (Wildman–Crippen MR) is 90.1 cm³/mol. The molecule has 0 spiro atoms. The molecule has 2 aromatic rings. The molecule has 4 heteroatoms. The zero-order valence-corrected chi connectivity index (χ0v) is 13.5. The summed E-state index contributed by atoms with van der Waals surface area (Å²) in [6.07, 6.45) is 0. The van der Waals surface area contributed by atoms with Gasteiger partial charge in [0, 0.05) is 11.0 Å². The normalized spacial score (nSPS) is 17.9. The van der Waals surface area contributed by atoms with Gasteiger partial charge in [0.2, 0.25) is 0 Å². The van der Waals surface area contributed by atoms with E-state index in [2.05, 4.69) is 75.2 Å². The predicted octanol–water partition coefficient (Wildman–Crippen LogP) is 3.63. The van der Waals surface area contributed by atoms with Gasteiger partial charge in [-0.2, -0.15) is 0 Å². The largest absolute Gasteiger partial charge is 0.370 e. The van der Waals surface area contributed by atoms with Crippen molar-refractivity contribution >= 4 is 21.9 Å². The molecule has 2 N–H and O–H groups in total. The Labute approximate surface area is 133 Å². The third kappa shape index (κ3) is 2.95. The van der Waals surface area contributed by atoms with Crippen molar-refractivity contribution in [2.45, 2.75) is 19.5 Å². The van der Waals surface area contributed by atoms with E-state index in [9.17, 15) is 0 Å². The number of halogens is 1. The first kappa shape index (κ1) is 14.1. The molecule has 0 saturated heterocycles. The first-order chi connectivity index (χ1) is 10.1. The maximum Gasteiger partial charge on any atom is 0.192 e. The molecule has 0 aromatic heterocycles. The van der Waals surface area contributed by atoms with Crippen LogP contribution in [0, 0.1) is 6.92 Å². The van der Waals surface area contributed by atoms with Gasteiger partial charge in [-0.15, -0.1) is 0 Å². The third-order valence-electron chi connectivity index (χ3n) is 3.81. The molecule has 21 heavy (non-hydrogen) atoms. The quantitative estimate of drug-likeness (QED) is 0.924. The summed E-state index contributed by atoms with van der Waals surface area (Å²) in [6.45, 7) is 3.58. The highest BCUT2D eigenvalue weighted by Crippen LogP contribution is 2.32. The average molecular weight is 344 g/mol. The van der Waals surface area contributed by atoms with Gasteiger partial charge in [-0.05, 0) is 29.7 Å². The fourth-order valence-corrected chi connectivity index (χ4v) is 3.43. The van der Waals surface area contributed by atoms with E-state index in [1.165, 1.54) is 16.7 Å². The SMILES string of the molecule is Cc1ccc(C2CN=C(N)N2Cc2ccccc2)c(Br)c1. The van der Waals surface area contributed by atoms with Gasteiger partial charge in [-0.3, -0.25) is 4.99 Å². The minimum atomic E-state index is 0.195. The average Bonchev–Trinajstić information content (AvgIpc) is 2.82. The maximum atomic E-state index is 6.10. The molecule has 3 nitrogen and oxygen atoms in total. The number of aryl methyl sites for hydroxylation is 1. The van der Waals surface area contributed by atoms with Gasteiger partial charge in [0.15, 0.2) is 5.96 Å². The molecule has 108 valence electrons. The van der Waals surface area contributed by atoms with Gasteiger partial charge in [0.25, 0.3) is 0 Å². The van der Waals surface area contributed by atoms with Crippen LogP contribution in [-0.4, -0.2) is 17.4 Å². The Morgan fingerprint density at radius 3 is 2.71 bits per heavy atom. The van der Waals surface area contributed by atoms with Gasteiger partial charge in [0.05, 0.1) is 12.6 Å². The number of rotatable bonds is 3. The molecule has 2 aromatic carbocycles. The summed E-state index contributed by atoms with van der Waals surface area (Å²) in [7, 11) is 0. The summed E-state index contributed by atoms with van der Waals surface area (Å²) in [6, 6.07) is 17.0. The molecule has 0 fully saturated rings. The number of nitrogens with two attached hydrogens (primary N) is 1. The Hall–Kier alpha value is -1.81. The summed E-state index contributed by atoms with van der Waals surface area (Å²) in [5.74, 6) is 0.622. The molecular weight excluding hydrogens is 326 g/mol. The van der Waals surface area contributed by atoms with Crippen molar-refractivity contribution in [2.75, 3.05) is 6.54 Å². The lowest BCUT2D eigenvalue weighted by atomic mass is 10.0. The second-order valence-electron chi connectivity index (χ2n) is 5.35. The highest BCUT2D eigenvalue weighted by molar-refractivity contribution is 9.10. The van der Waals surface area contributed by atoms with E-state index in [4.69, 9.17) is 5.73 Å². The molecule has 0 saturated carbocycles. The van der Waals surface area contributed by atoms with Crippen molar-refractivity contribution in [3.05, 3.63) is 69.7 Å². The van der Waals surface area contributed by atoms with Crippen LogP contribution < -0.4 is 5.73 Å². The van der Waals surface area contributed by atoms with Crippen molar-refractivity contribution < 1.29 is 0 Å². The lowest BCUT2D eigenvalue weighted by molar-refractivity contribution is 0.339. The van der Waals surface area contributed by atoms with Crippen LogP contribution in [0.4, 0.5) is 0 Å². The molecule has 3 rings (SSSR count). The van der Waals surface area contributed by atoms with Gasteiger partial charge in [0.1, 0.15) is 0 Å². The second kappa shape index (κ2) is 5.90. The summed E-state index contributed by atoms with van der Waals surface area (Å²) in [4.78, 5) is 6.61.